The molecular weight excluding hydrogens is 326 g/mol. The minimum atomic E-state index is 0.738. The Hall–Kier alpha value is -1.20. The molecule has 1 heterocycles. The highest BCUT2D eigenvalue weighted by atomic mass is 79.9. The van der Waals surface area contributed by atoms with Crippen molar-refractivity contribution in [3.8, 4) is 11.5 Å². The fourth-order valence-electron chi connectivity index (χ4n) is 1.81. The van der Waals surface area contributed by atoms with Gasteiger partial charge in [-0.2, -0.15) is 0 Å². The van der Waals surface area contributed by atoms with Crippen LogP contribution in [0.5, 0.6) is 11.5 Å². The van der Waals surface area contributed by atoms with E-state index in [1.165, 1.54) is 5.56 Å². The average molecular weight is 342 g/mol. The van der Waals surface area contributed by atoms with Gasteiger partial charge in [-0.15, -0.1) is 11.3 Å². The zero-order valence-corrected chi connectivity index (χ0v) is 13.5. The number of hydrogen-bond donors (Lipinski definition) is 1. The normalized spacial score (nSPS) is 10.3. The maximum absolute atomic E-state index is 5.32. The Morgan fingerprint density at radius 3 is 2.42 bits per heavy atom. The van der Waals surface area contributed by atoms with Crippen LogP contribution in [-0.2, 0) is 6.54 Å². The molecule has 1 N–H and O–H groups in total. The number of anilines is 1. The lowest BCUT2D eigenvalue weighted by Crippen LogP contribution is -2.01. The van der Waals surface area contributed by atoms with Crippen molar-refractivity contribution in [1.82, 2.24) is 0 Å². The second-order valence-corrected chi connectivity index (χ2v) is 6.43. The van der Waals surface area contributed by atoms with Crippen LogP contribution in [-0.4, -0.2) is 14.2 Å². The molecule has 0 aliphatic carbocycles. The number of rotatable bonds is 5. The van der Waals surface area contributed by atoms with Crippen LogP contribution in [0.15, 0.2) is 27.4 Å². The van der Waals surface area contributed by atoms with Gasteiger partial charge in [0.1, 0.15) is 0 Å². The Kier molecular flexibility index (Phi) is 4.71. The number of benzene rings is 1. The molecule has 0 radical (unpaired) electrons. The first-order valence-electron chi connectivity index (χ1n) is 5.83. The van der Waals surface area contributed by atoms with Crippen molar-refractivity contribution in [3.63, 3.8) is 0 Å². The molecule has 19 heavy (non-hydrogen) atoms. The predicted molar refractivity (Wildman–Crippen MR) is 83.6 cm³/mol. The molecule has 0 spiro atoms. The monoisotopic (exact) mass is 341 g/mol. The molecule has 1 aromatic heterocycles. The third kappa shape index (κ3) is 3.42. The van der Waals surface area contributed by atoms with E-state index in [9.17, 15) is 0 Å². The summed E-state index contributed by atoms with van der Waals surface area (Å²) in [7, 11) is 3.29. The molecule has 3 nitrogen and oxygen atoms in total. The second kappa shape index (κ2) is 6.30. The molecule has 0 saturated heterocycles. The SMILES string of the molecule is COc1cc(C)c(NCc2csc(Br)c2)cc1OC. The summed E-state index contributed by atoms with van der Waals surface area (Å²) in [4.78, 5) is 0. The molecule has 0 amide bonds. The maximum Gasteiger partial charge on any atom is 0.162 e. The van der Waals surface area contributed by atoms with E-state index < -0.39 is 0 Å². The topological polar surface area (TPSA) is 30.5 Å². The van der Waals surface area contributed by atoms with Crippen LogP contribution < -0.4 is 14.8 Å². The van der Waals surface area contributed by atoms with Gasteiger partial charge in [-0.25, -0.2) is 0 Å². The van der Waals surface area contributed by atoms with E-state index in [-0.39, 0.29) is 0 Å². The fourth-order valence-corrected chi connectivity index (χ4v) is 3.02. The summed E-state index contributed by atoms with van der Waals surface area (Å²) >= 11 is 5.16. The molecule has 2 rings (SSSR count). The van der Waals surface area contributed by atoms with E-state index >= 15 is 0 Å². The van der Waals surface area contributed by atoms with Gasteiger partial charge in [-0.1, -0.05) is 0 Å². The number of halogens is 1. The quantitative estimate of drug-likeness (QED) is 0.871. The molecule has 0 saturated carbocycles. The van der Waals surface area contributed by atoms with Gasteiger partial charge in [-0.3, -0.25) is 0 Å². The van der Waals surface area contributed by atoms with Crippen LogP contribution in [0.4, 0.5) is 5.69 Å². The average Bonchev–Trinajstić information content (AvgIpc) is 2.82. The summed E-state index contributed by atoms with van der Waals surface area (Å²) in [6, 6.07) is 6.06. The van der Waals surface area contributed by atoms with E-state index in [0.29, 0.717) is 0 Å². The standard InChI is InChI=1S/C14H16BrNO2S/c1-9-4-12(17-2)13(18-3)6-11(9)16-7-10-5-14(15)19-8-10/h4-6,8,16H,7H2,1-3H3. The Morgan fingerprint density at radius 1 is 1.16 bits per heavy atom. The van der Waals surface area contributed by atoms with Crippen LogP contribution in [0.25, 0.3) is 0 Å². The van der Waals surface area contributed by atoms with Gasteiger partial charge in [0, 0.05) is 18.3 Å². The van der Waals surface area contributed by atoms with E-state index in [2.05, 4.69) is 32.7 Å². The van der Waals surface area contributed by atoms with Crippen molar-refractivity contribution in [3.05, 3.63) is 38.5 Å². The molecule has 0 bridgehead atoms. The smallest absolute Gasteiger partial charge is 0.162 e. The molecule has 102 valence electrons. The van der Waals surface area contributed by atoms with E-state index in [1.807, 2.05) is 19.1 Å². The molecule has 0 aliphatic rings. The fraction of sp³-hybridized carbons (Fsp3) is 0.286. The van der Waals surface area contributed by atoms with Crippen molar-refractivity contribution >= 4 is 33.0 Å². The summed E-state index contributed by atoms with van der Waals surface area (Å²) < 4.78 is 11.7. The third-order valence-electron chi connectivity index (χ3n) is 2.84. The zero-order chi connectivity index (χ0) is 13.8. The minimum Gasteiger partial charge on any atom is -0.493 e. The lowest BCUT2D eigenvalue weighted by atomic mass is 10.1. The van der Waals surface area contributed by atoms with Crippen molar-refractivity contribution in [2.24, 2.45) is 0 Å². The Bertz CT molecular complexity index is 569. The summed E-state index contributed by atoms with van der Waals surface area (Å²) in [6.45, 7) is 2.84. The first-order valence-corrected chi connectivity index (χ1v) is 7.50. The number of ether oxygens (including phenoxy) is 2. The van der Waals surface area contributed by atoms with Crippen LogP contribution in [0, 0.1) is 6.92 Å². The zero-order valence-electron chi connectivity index (χ0n) is 11.1. The molecule has 0 fully saturated rings. The number of methoxy groups -OCH3 is 2. The number of aryl methyl sites for hydroxylation is 1. The largest absolute Gasteiger partial charge is 0.493 e. The number of thiophene rings is 1. The first-order chi connectivity index (χ1) is 9.13. The Labute approximate surface area is 125 Å². The van der Waals surface area contributed by atoms with Crippen molar-refractivity contribution < 1.29 is 9.47 Å². The molecular formula is C14H16BrNO2S. The molecule has 0 aliphatic heterocycles. The molecule has 1 aromatic carbocycles. The second-order valence-electron chi connectivity index (χ2n) is 4.13. The van der Waals surface area contributed by atoms with Gasteiger partial charge in [0.15, 0.2) is 11.5 Å². The Balaban J connectivity index is 2.15. The van der Waals surface area contributed by atoms with Crippen molar-refractivity contribution in [2.45, 2.75) is 13.5 Å². The third-order valence-corrected chi connectivity index (χ3v) is 4.39. The number of hydrogen-bond acceptors (Lipinski definition) is 4. The van der Waals surface area contributed by atoms with Crippen LogP contribution in [0.3, 0.4) is 0 Å². The summed E-state index contributed by atoms with van der Waals surface area (Å²) in [5, 5.41) is 5.55. The molecule has 0 unspecified atom stereocenters. The van der Waals surface area contributed by atoms with Gasteiger partial charge < -0.3 is 14.8 Å². The van der Waals surface area contributed by atoms with Gasteiger partial charge in [0.2, 0.25) is 0 Å². The highest BCUT2D eigenvalue weighted by molar-refractivity contribution is 9.11. The lowest BCUT2D eigenvalue weighted by molar-refractivity contribution is 0.355. The molecule has 5 heteroatoms. The van der Waals surface area contributed by atoms with Crippen LogP contribution in [0.2, 0.25) is 0 Å². The Morgan fingerprint density at radius 2 is 1.84 bits per heavy atom. The highest BCUT2D eigenvalue weighted by Gasteiger charge is 2.08. The minimum absolute atomic E-state index is 0.738. The van der Waals surface area contributed by atoms with Gasteiger partial charge in [0.05, 0.1) is 18.0 Å². The van der Waals surface area contributed by atoms with Crippen molar-refractivity contribution in [1.29, 1.82) is 0 Å². The first kappa shape index (κ1) is 14.2. The van der Waals surface area contributed by atoms with Gasteiger partial charge in [-0.05, 0) is 51.5 Å². The lowest BCUT2D eigenvalue weighted by Gasteiger charge is -2.14. The summed E-state index contributed by atoms with van der Waals surface area (Å²) in [5.74, 6) is 1.49. The molecule has 2 aromatic rings. The van der Waals surface area contributed by atoms with Gasteiger partial charge in [0.25, 0.3) is 0 Å². The van der Waals surface area contributed by atoms with Crippen LogP contribution in [0.1, 0.15) is 11.1 Å². The van der Waals surface area contributed by atoms with E-state index in [1.54, 1.807) is 25.6 Å². The maximum atomic E-state index is 5.32. The van der Waals surface area contributed by atoms with Gasteiger partial charge >= 0.3 is 0 Å². The van der Waals surface area contributed by atoms with E-state index in [4.69, 9.17) is 9.47 Å². The van der Waals surface area contributed by atoms with E-state index in [0.717, 1.165) is 33.1 Å². The van der Waals surface area contributed by atoms with Crippen molar-refractivity contribution in [2.75, 3.05) is 19.5 Å². The highest BCUT2D eigenvalue weighted by Crippen LogP contribution is 2.33. The molecule has 0 atom stereocenters. The van der Waals surface area contributed by atoms with Crippen LogP contribution >= 0.6 is 27.3 Å². The summed E-state index contributed by atoms with van der Waals surface area (Å²) in [6.07, 6.45) is 0. The summed E-state index contributed by atoms with van der Waals surface area (Å²) in [5.41, 5.74) is 3.44. The number of nitrogens with one attached hydrogen (secondary N) is 1. The predicted octanol–water partition coefficient (Wildman–Crippen LogP) is 4.45.